The SMILES string of the molecule is Cc1cc2cc(c1)SC2. The molecule has 0 saturated carbocycles. The number of rotatable bonds is 0. The minimum atomic E-state index is 1.18. The second-order valence-corrected chi connectivity index (χ2v) is 3.49. The summed E-state index contributed by atoms with van der Waals surface area (Å²) < 4.78 is 0. The van der Waals surface area contributed by atoms with E-state index in [2.05, 4.69) is 25.1 Å². The lowest BCUT2D eigenvalue weighted by atomic mass is 10.2. The third kappa shape index (κ3) is 0.855. The van der Waals surface area contributed by atoms with E-state index in [1.54, 1.807) is 0 Å². The molecular weight excluding hydrogens is 128 g/mol. The molecule has 0 saturated heterocycles. The molecule has 0 atom stereocenters. The molecule has 46 valence electrons. The Hall–Kier alpha value is -0.430. The van der Waals surface area contributed by atoms with Gasteiger partial charge in [0.25, 0.3) is 0 Å². The number of thioether (sulfide) groups is 1. The second kappa shape index (κ2) is 1.77. The van der Waals surface area contributed by atoms with Gasteiger partial charge in [0.15, 0.2) is 0 Å². The van der Waals surface area contributed by atoms with Crippen LogP contribution in [0, 0.1) is 6.92 Å². The van der Waals surface area contributed by atoms with E-state index < -0.39 is 0 Å². The maximum absolute atomic E-state index is 2.26. The highest BCUT2D eigenvalue weighted by atomic mass is 32.2. The van der Waals surface area contributed by atoms with Crippen LogP contribution in [0.15, 0.2) is 23.1 Å². The molecule has 2 bridgehead atoms. The standard InChI is InChI=1S/C8H8S/c1-6-2-7-4-8(3-6)9-5-7/h2-4H,5H2,1H3. The fourth-order valence-electron chi connectivity index (χ4n) is 1.16. The van der Waals surface area contributed by atoms with E-state index in [-0.39, 0.29) is 0 Å². The van der Waals surface area contributed by atoms with Gasteiger partial charge >= 0.3 is 0 Å². The van der Waals surface area contributed by atoms with E-state index >= 15 is 0 Å². The smallest absolute Gasteiger partial charge is 0.0232 e. The number of benzene rings is 1. The summed E-state index contributed by atoms with van der Waals surface area (Å²) in [5.41, 5.74) is 2.88. The van der Waals surface area contributed by atoms with Crippen molar-refractivity contribution in [3.63, 3.8) is 0 Å². The highest BCUT2D eigenvalue weighted by Crippen LogP contribution is 2.31. The first kappa shape index (κ1) is 5.36. The van der Waals surface area contributed by atoms with Crippen LogP contribution in [0.25, 0.3) is 0 Å². The first-order valence-corrected chi connectivity index (χ1v) is 4.06. The first-order valence-electron chi connectivity index (χ1n) is 3.08. The number of aryl methyl sites for hydroxylation is 1. The average Bonchev–Trinajstić information content (AvgIpc) is 2.11. The first-order chi connectivity index (χ1) is 4.34. The number of hydrogen-bond acceptors (Lipinski definition) is 1. The van der Waals surface area contributed by atoms with Gasteiger partial charge in [0, 0.05) is 10.6 Å². The predicted molar refractivity (Wildman–Crippen MR) is 40.7 cm³/mol. The Bertz CT molecular complexity index is 218. The van der Waals surface area contributed by atoms with Crippen molar-refractivity contribution in [3.05, 3.63) is 29.3 Å². The van der Waals surface area contributed by atoms with Crippen LogP contribution in [0.2, 0.25) is 0 Å². The predicted octanol–water partition coefficient (Wildman–Crippen LogP) is 2.60. The lowest BCUT2D eigenvalue weighted by Gasteiger charge is -1.89. The molecule has 1 aromatic carbocycles. The minimum absolute atomic E-state index is 1.18. The van der Waals surface area contributed by atoms with E-state index in [0.717, 1.165) is 0 Å². The van der Waals surface area contributed by atoms with Crippen molar-refractivity contribution in [1.29, 1.82) is 0 Å². The van der Waals surface area contributed by atoms with Gasteiger partial charge in [0.2, 0.25) is 0 Å². The van der Waals surface area contributed by atoms with Crippen molar-refractivity contribution < 1.29 is 0 Å². The summed E-state index contributed by atoms with van der Waals surface area (Å²) in [7, 11) is 0. The van der Waals surface area contributed by atoms with Gasteiger partial charge < -0.3 is 0 Å². The molecule has 0 spiro atoms. The summed E-state index contributed by atoms with van der Waals surface area (Å²) >= 11 is 1.93. The van der Waals surface area contributed by atoms with E-state index in [1.165, 1.54) is 21.8 Å². The monoisotopic (exact) mass is 136 g/mol. The second-order valence-electron chi connectivity index (χ2n) is 2.44. The molecule has 0 nitrogen and oxygen atoms in total. The topological polar surface area (TPSA) is 0 Å². The van der Waals surface area contributed by atoms with Crippen molar-refractivity contribution in [2.45, 2.75) is 17.6 Å². The van der Waals surface area contributed by atoms with Gasteiger partial charge in [-0.25, -0.2) is 0 Å². The normalized spacial score (nSPS) is 14.3. The maximum Gasteiger partial charge on any atom is 0.0232 e. The molecular formula is C8H8S. The summed E-state index contributed by atoms with van der Waals surface area (Å²) in [6.07, 6.45) is 0. The van der Waals surface area contributed by atoms with Crippen molar-refractivity contribution in [2.75, 3.05) is 0 Å². The molecule has 0 fully saturated rings. The zero-order valence-corrected chi connectivity index (χ0v) is 6.16. The van der Waals surface area contributed by atoms with E-state index in [4.69, 9.17) is 0 Å². The van der Waals surface area contributed by atoms with Crippen LogP contribution in [0.5, 0.6) is 0 Å². The van der Waals surface area contributed by atoms with Gasteiger partial charge in [-0.1, -0.05) is 6.07 Å². The summed E-state index contributed by atoms with van der Waals surface area (Å²) in [4.78, 5) is 1.44. The average molecular weight is 136 g/mol. The van der Waals surface area contributed by atoms with Gasteiger partial charge in [-0.3, -0.25) is 0 Å². The number of hydrogen-bond donors (Lipinski definition) is 0. The lowest BCUT2D eigenvalue weighted by molar-refractivity contribution is 1.33. The molecule has 0 N–H and O–H groups in total. The molecule has 1 aliphatic heterocycles. The quantitative estimate of drug-likeness (QED) is 0.528. The van der Waals surface area contributed by atoms with Crippen molar-refractivity contribution in [1.82, 2.24) is 0 Å². The molecule has 0 unspecified atom stereocenters. The van der Waals surface area contributed by atoms with Crippen LogP contribution in [0.1, 0.15) is 11.1 Å². The summed E-state index contributed by atoms with van der Waals surface area (Å²) in [6.45, 7) is 2.15. The molecule has 0 radical (unpaired) electrons. The summed E-state index contributed by atoms with van der Waals surface area (Å²) in [5.74, 6) is 1.18. The van der Waals surface area contributed by atoms with Crippen LogP contribution in [0.4, 0.5) is 0 Å². The fourth-order valence-corrected chi connectivity index (χ4v) is 2.16. The maximum atomic E-state index is 2.26. The highest BCUT2D eigenvalue weighted by molar-refractivity contribution is 7.98. The Morgan fingerprint density at radius 2 is 2.22 bits per heavy atom. The third-order valence-corrected chi connectivity index (χ3v) is 2.56. The van der Waals surface area contributed by atoms with Crippen LogP contribution < -0.4 is 0 Å². The van der Waals surface area contributed by atoms with Crippen molar-refractivity contribution in [2.24, 2.45) is 0 Å². The van der Waals surface area contributed by atoms with E-state index in [9.17, 15) is 0 Å². The Balaban J connectivity index is 2.64. The minimum Gasteiger partial charge on any atom is -0.121 e. The van der Waals surface area contributed by atoms with E-state index in [0.29, 0.717) is 0 Å². The van der Waals surface area contributed by atoms with E-state index in [1.807, 2.05) is 11.8 Å². The van der Waals surface area contributed by atoms with Crippen LogP contribution in [0.3, 0.4) is 0 Å². The Morgan fingerprint density at radius 1 is 1.33 bits per heavy atom. The third-order valence-electron chi connectivity index (χ3n) is 1.52. The van der Waals surface area contributed by atoms with Gasteiger partial charge in [0.1, 0.15) is 0 Å². The fraction of sp³-hybridized carbons (Fsp3) is 0.250. The number of fused-ring (bicyclic) bond motifs is 2. The molecule has 9 heavy (non-hydrogen) atoms. The summed E-state index contributed by atoms with van der Waals surface area (Å²) in [5, 5.41) is 0. The molecule has 1 heterocycles. The van der Waals surface area contributed by atoms with Gasteiger partial charge in [-0.15, -0.1) is 11.8 Å². The molecule has 1 aromatic rings. The molecule has 0 amide bonds. The van der Waals surface area contributed by atoms with Crippen LogP contribution in [-0.4, -0.2) is 0 Å². The van der Waals surface area contributed by atoms with Crippen molar-refractivity contribution >= 4 is 11.8 Å². The molecule has 2 rings (SSSR count). The Morgan fingerprint density at radius 3 is 3.00 bits per heavy atom. The molecule has 0 aromatic heterocycles. The zero-order chi connectivity index (χ0) is 6.27. The summed E-state index contributed by atoms with van der Waals surface area (Å²) in [6, 6.07) is 6.75. The van der Waals surface area contributed by atoms with Gasteiger partial charge in [-0.05, 0) is 30.2 Å². The Labute approximate surface area is 59.3 Å². The largest absolute Gasteiger partial charge is 0.121 e. The molecule has 0 aliphatic carbocycles. The Kier molecular flexibility index (Phi) is 1.06. The highest BCUT2D eigenvalue weighted by Gasteiger charge is 2.06. The zero-order valence-electron chi connectivity index (χ0n) is 5.35. The lowest BCUT2D eigenvalue weighted by Crippen LogP contribution is -1.72. The van der Waals surface area contributed by atoms with Gasteiger partial charge in [-0.2, -0.15) is 0 Å². The van der Waals surface area contributed by atoms with Gasteiger partial charge in [0.05, 0.1) is 0 Å². The van der Waals surface area contributed by atoms with Crippen molar-refractivity contribution in [3.8, 4) is 0 Å². The van der Waals surface area contributed by atoms with Crippen LogP contribution >= 0.6 is 11.8 Å². The molecule has 1 heteroatoms. The van der Waals surface area contributed by atoms with Crippen LogP contribution in [-0.2, 0) is 5.75 Å². The molecule has 1 aliphatic rings.